The quantitative estimate of drug-likeness (QED) is 0.443. The number of nitrogens with one attached hydrogen (secondary N) is 1. The Hall–Kier alpha value is -0.370. The first-order valence-electron chi connectivity index (χ1n) is 3.49. The molecule has 0 aliphatic rings. The molecule has 7 nitrogen and oxygen atoms in total. The Labute approximate surface area is 117 Å². The number of carbonyl (C=O) groups is 3. The number of carboxylic acid groups (broad SMARTS) is 3. The van der Waals surface area contributed by atoms with Gasteiger partial charge < -0.3 is 20.6 Å². The fourth-order valence-corrected chi connectivity index (χ4v) is 0.151. The average molecular weight is 251 g/mol. The van der Waals surface area contributed by atoms with Crippen LogP contribution in [-0.4, -0.2) is 84.6 Å². The van der Waals surface area contributed by atoms with Gasteiger partial charge in [0.15, 0.2) is 0 Å². The third-order valence-electron chi connectivity index (χ3n) is 0.328. The minimum absolute atomic E-state index is 0. The van der Waals surface area contributed by atoms with Gasteiger partial charge >= 0.3 is 43.7 Å². The van der Waals surface area contributed by atoms with Gasteiger partial charge in [0.1, 0.15) is 0 Å². The normalized spacial score (nSPS) is 6.60. The fraction of sp³-hybridized carbons (Fsp3) is 0.571. The summed E-state index contributed by atoms with van der Waals surface area (Å²) in [5.74, 6) is -2.49. The van der Waals surface area contributed by atoms with Crippen LogP contribution < -0.4 is 5.32 Å². The molecule has 8 heteroatoms. The summed E-state index contributed by atoms with van der Waals surface area (Å²) in [7, 11) is 1.59. The van der Waals surface area contributed by atoms with E-state index in [0.717, 1.165) is 13.8 Å². The molecule has 0 fully saturated rings. The summed E-state index contributed by atoms with van der Waals surface area (Å²) >= 11 is 0. The molecule has 15 heavy (non-hydrogen) atoms. The van der Waals surface area contributed by atoms with Crippen molar-refractivity contribution < 1.29 is 29.7 Å². The molecule has 0 saturated carbocycles. The van der Waals surface area contributed by atoms with Crippen molar-refractivity contribution in [3.8, 4) is 0 Å². The van der Waals surface area contributed by atoms with E-state index in [1.807, 2.05) is 0 Å². The Morgan fingerprint density at radius 3 is 1.20 bits per heavy atom. The van der Waals surface area contributed by atoms with E-state index < -0.39 is 17.9 Å². The molecule has 0 saturated heterocycles. The second-order valence-corrected chi connectivity index (χ2v) is 1.96. The topological polar surface area (TPSA) is 124 Å². The summed E-state index contributed by atoms with van der Waals surface area (Å²) in [6.45, 7) is 2.21. The first-order valence-corrected chi connectivity index (χ1v) is 3.49. The van der Waals surface area contributed by atoms with Crippen molar-refractivity contribution in [2.75, 3.05) is 13.6 Å². The molecule has 0 radical (unpaired) electrons. The molecule has 0 unspecified atom stereocenters. The Kier molecular flexibility index (Phi) is 30.9. The van der Waals surface area contributed by atoms with Gasteiger partial charge in [0, 0.05) is 13.8 Å². The maximum atomic E-state index is 9.54. The SMILES string of the molecule is CC(=O)O.CC(=O)O.CNCC(=O)O.[CaH2]. The van der Waals surface area contributed by atoms with E-state index in [4.69, 9.17) is 24.9 Å². The Morgan fingerprint density at radius 2 is 1.20 bits per heavy atom. The van der Waals surface area contributed by atoms with Gasteiger partial charge in [-0.15, -0.1) is 0 Å². The van der Waals surface area contributed by atoms with E-state index in [1.165, 1.54) is 0 Å². The van der Waals surface area contributed by atoms with E-state index in [-0.39, 0.29) is 44.3 Å². The molecular weight excluding hydrogens is 234 g/mol. The van der Waals surface area contributed by atoms with Crippen molar-refractivity contribution in [2.24, 2.45) is 0 Å². The van der Waals surface area contributed by atoms with Crippen LogP contribution in [0.5, 0.6) is 0 Å². The van der Waals surface area contributed by atoms with Crippen molar-refractivity contribution in [1.82, 2.24) is 5.32 Å². The average Bonchev–Trinajstić information content (AvgIpc) is 1.82. The van der Waals surface area contributed by atoms with Crippen molar-refractivity contribution in [1.29, 1.82) is 0 Å². The predicted molar refractivity (Wildman–Crippen MR) is 56.7 cm³/mol. The van der Waals surface area contributed by atoms with Crippen LogP contribution in [0.3, 0.4) is 0 Å². The third kappa shape index (κ3) is 267. The van der Waals surface area contributed by atoms with Gasteiger partial charge in [-0.3, -0.25) is 14.4 Å². The summed E-state index contributed by atoms with van der Waals surface area (Å²) in [5.41, 5.74) is 0. The zero-order valence-corrected chi connectivity index (χ0v) is 8.27. The summed E-state index contributed by atoms with van der Waals surface area (Å²) in [6, 6.07) is 0. The number of hydrogen-bond donors (Lipinski definition) is 4. The number of carboxylic acids is 3. The Morgan fingerprint density at radius 1 is 1.00 bits per heavy atom. The molecule has 0 aliphatic carbocycles. The van der Waals surface area contributed by atoms with Crippen LogP contribution in [0, 0.1) is 0 Å². The van der Waals surface area contributed by atoms with E-state index in [2.05, 4.69) is 5.32 Å². The molecule has 0 aliphatic heterocycles. The Balaban J connectivity index is -0.0000000606. The predicted octanol–water partition coefficient (Wildman–Crippen LogP) is -1.44. The number of rotatable bonds is 2. The molecule has 0 rings (SSSR count). The third-order valence-corrected chi connectivity index (χ3v) is 0.328. The number of aliphatic carboxylic acids is 3. The van der Waals surface area contributed by atoms with Gasteiger partial charge in [-0.2, -0.15) is 0 Å². The molecule has 0 amide bonds. The van der Waals surface area contributed by atoms with Crippen LogP contribution in [0.1, 0.15) is 13.8 Å². The Bertz CT molecular complexity index is 164. The molecule has 4 N–H and O–H groups in total. The number of likely N-dealkylation sites (N-methyl/N-ethyl adjacent to an activating group) is 1. The van der Waals surface area contributed by atoms with Crippen molar-refractivity contribution in [3.63, 3.8) is 0 Å². The van der Waals surface area contributed by atoms with Gasteiger partial charge in [0.05, 0.1) is 6.54 Å². The molecule has 0 aromatic heterocycles. The fourth-order valence-electron chi connectivity index (χ4n) is 0.151. The molecule has 0 aromatic rings. The molecular formula is C7H17CaNO6. The zero-order valence-electron chi connectivity index (χ0n) is 8.27. The molecule has 0 aromatic carbocycles. The van der Waals surface area contributed by atoms with Gasteiger partial charge in [0.25, 0.3) is 11.9 Å². The molecule has 88 valence electrons. The van der Waals surface area contributed by atoms with Crippen LogP contribution in [-0.2, 0) is 14.4 Å². The first-order chi connectivity index (χ1) is 6.23. The summed E-state index contributed by atoms with van der Waals surface area (Å²) < 4.78 is 0. The monoisotopic (exact) mass is 251 g/mol. The zero-order chi connectivity index (χ0) is 12.1. The second-order valence-electron chi connectivity index (χ2n) is 1.96. The molecule has 0 atom stereocenters. The molecule has 0 heterocycles. The van der Waals surface area contributed by atoms with E-state index in [9.17, 15) is 4.79 Å². The van der Waals surface area contributed by atoms with Gasteiger partial charge in [-0.25, -0.2) is 0 Å². The number of hydrogen-bond acceptors (Lipinski definition) is 4. The standard InChI is InChI=1S/C3H7NO2.2C2H4O2.Ca.2H/c1-4-2-3(5)6;2*1-2(3)4;;;/h4H,2H2,1H3,(H,5,6);2*1H3,(H,3,4);;;. The van der Waals surface area contributed by atoms with E-state index >= 15 is 0 Å². The minimum atomic E-state index is -0.833. The van der Waals surface area contributed by atoms with Crippen LogP contribution in [0.4, 0.5) is 0 Å². The summed E-state index contributed by atoms with van der Waals surface area (Å²) in [5, 5.41) is 25.2. The van der Waals surface area contributed by atoms with E-state index in [0.29, 0.717) is 0 Å². The maximum absolute atomic E-state index is 9.54. The van der Waals surface area contributed by atoms with Crippen LogP contribution >= 0.6 is 0 Å². The van der Waals surface area contributed by atoms with Crippen LogP contribution in [0.25, 0.3) is 0 Å². The van der Waals surface area contributed by atoms with Gasteiger partial charge in [0.2, 0.25) is 0 Å². The van der Waals surface area contributed by atoms with Crippen molar-refractivity contribution in [2.45, 2.75) is 13.8 Å². The molecule has 0 spiro atoms. The second kappa shape index (κ2) is 19.2. The molecule has 0 bridgehead atoms. The first kappa shape index (κ1) is 24.1. The van der Waals surface area contributed by atoms with Gasteiger partial charge in [-0.05, 0) is 7.05 Å². The van der Waals surface area contributed by atoms with E-state index in [1.54, 1.807) is 7.05 Å². The van der Waals surface area contributed by atoms with Gasteiger partial charge in [-0.1, -0.05) is 0 Å². The van der Waals surface area contributed by atoms with Crippen molar-refractivity contribution >= 4 is 55.6 Å². The van der Waals surface area contributed by atoms with Crippen molar-refractivity contribution in [3.05, 3.63) is 0 Å². The van der Waals surface area contributed by atoms with Crippen LogP contribution in [0.2, 0.25) is 0 Å². The van der Waals surface area contributed by atoms with Crippen LogP contribution in [0.15, 0.2) is 0 Å². The summed E-state index contributed by atoms with van der Waals surface area (Å²) in [4.78, 5) is 27.5. The summed E-state index contributed by atoms with van der Waals surface area (Å²) in [6.07, 6.45) is 0.